The van der Waals surface area contributed by atoms with Crippen LogP contribution in [0.25, 0.3) is 0 Å². The van der Waals surface area contributed by atoms with Gasteiger partial charge in [0.2, 0.25) is 0 Å². The number of urea groups is 1. The predicted octanol–water partition coefficient (Wildman–Crippen LogP) is 3.66. The molecule has 1 aromatic carbocycles. The van der Waals surface area contributed by atoms with Crippen LogP contribution in [0.2, 0.25) is 10.0 Å². The van der Waals surface area contributed by atoms with Crippen molar-refractivity contribution in [1.82, 2.24) is 5.32 Å². The first-order chi connectivity index (χ1) is 8.51. The van der Waals surface area contributed by atoms with Crippen LogP contribution in [0, 0.1) is 0 Å². The lowest BCUT2D eigenvalue weighted by Crippen LogP contribution is -2.58. The van der Waals surface area contributed by atoms with E-state index in [1.165, 1.54) is 0 Å². The molecule has 0 saturated heterocycles. The van der Waals surface area contributed by atoms with Gasteiger partial charge in [-0.3, -0.25) is 0 Å². The zero-order chi connectivity index (χ0) is 14.8. The molecule has 1 rings (SSSR count). The van der Waals surface area contributed by atoms with E-state index >= 15 is 0 Å². The van der Waals surface area contributed by atoms with Gasteiger partial charge in [-0.1, -0.05) is 23.2 Å². The number of benzene rings is 1. The van der Waals surface area contributed by atoms with Crippen LogP contribution < -0.4 is 10.6 Å². The highest BCUT2D eigenvalue weighted by atomic mass is 35.5. The van der Waals surface area contributed by atoms with E-state index in [0.717, 1.165) is 0 Å². The summed E-state index contributed by atoms with van der Waals surface area (Å²) in [6.07, 6.45) is 0. The molecule has 106 valence electrons. The molecule has 0 aromatic heterocycles. The van der Waals surface area contributed by atoms with Crippen molar-refractivity contribution in [3.8, 4) is 0 Å². The smallest absolute Gasteiger partial charge is 0.319 e. The molecule has 2 amide bonds. The Balaban J connectivity index is 2.76. The Kier molecular flexibility index (Phi) is 4.72. The molecule has 0 unspecified atom stereocenters. The lowest BCUT2D eigenvalue weighted by atomic mass is 9.86. The van der Waals surface area contributed by atoms with E-state index in [1.54, 1.807) is 45.9 Å². The Morgan fingerprint density at radius 2 is 1.58 bits per heavy atom. The number of carbonyl (C=O) groups is 1. The van der Waals surface area contributed by atoms with Gasteiger partial charge in [0.05, 0.1) is 11.1 Å². The SMILES string of the molecule is CC(C)(O)C(C)(C)NC(=O)Nc1cc(Cl)cc(Cl)c1. The lowest BCUT2D eigenvalue weighted by molar-refractivity contribution is 0.00185. The number of hydrogen-bond donors (Lipinski definition) is 3. The molecule has 6 heteroatoms. The van der Waals surface area contributed by atoms with E-state index in [2.05, 4.69) is 10.6 Å². The van der Waals surface area contributed by atoms with Crippen LogP contribution in [0.1, 0.15) is 27.7 Å². The first kappa shape index (κ1) is 16.1. The monoisotopic (exact) mass is 304 g/mol. The second-order valence-electron chi connectivity index (χ2n) is 5.42. The highest BCUT2D eigenvalue weighted by molar-refractivity contribution is 6.35. The standard InChI is InChI=1S/C13H18Cl2N2O2/c1-12(2,13(3,4)19)17-11(18)16-10-6-8(14)5-9(15)7-10/h5-7,19H,1-4H3,(H2,16,17,18). The molecular formula is C13H18Cl2N2O2. The highest BCUT2D eigenvalue weighted by Gasteiger charge is 2.36. The van der Waals surface area contributed by atoms with Gasteiger partial charge in [-0.25, -0.2) is 4.79 Å². The summed E-state index contributed by atoms with van der Waals surface area (Å²) in [6, 6.07) is 4.31. The highest BCUT2D eigenvalue weighted by Crippen LogP contribution is 2.23. The van der Waals surface area contributed by atoms with E-state index in [1.807, 2.05) is 0 Å². The maximum atomic E-state index is 11.9. The van der Waals surface area contributed by atoms with Gasteiger partial charge in [0, 0.05) is 15.7 Å². The molecule has 3 N–H and O–H groups in total. The molecule has 0 fully saturated rings. The summed E-state index contributed by atoms with van der Waals surface area (Å²) in [5.41, 5.74) is -1.36. The topological polar surface area (TPSA) is 61.4 Å². The Morgan fingerprint density at radius 3 is 2.00 bits per heavy atom. The minimum atomic E-state index is -1.06. The van der Waals surface area contributed by atoms with Crippen LogP contribution in [0.4, 0.5) is 10.5 Å². The van der Waals surface area contributed by atoms with E-state index in [0.29, 0.717) is 15.7 Å². The minimum Gasteiger partial charge on any atom is -0.388 e. The van der Waals surface area contributed by atoms with Crippen molar-refractivity contribution in [3.63, 3.8) is 0 Å². The molecule has 19 heavy (non-hydrogen) atoms. The van der Waals surface area contributed by atoms with Crippen LogP contribution in [0.5, 0.6) is 0 Å². The Morgan fingerprint density at radius 1 is 1.11 bits per heavy atom. The zero-order valence-corrected chi connectivity index (χ0v) is 12.9. The summed E-state index contributed by atoms with van der Waals surface area (Å²) in [5.74, 6) is 0. The molecule has 0 atom stereocenters. The van der Waals surface area contributed by atoms with Gasteiger partial charge < -0.3 is 15.7 Å². The first-order valence-corrected chi connectivity index (χ1v) is 6.54. The summed E-state index contributed by atoms with van der Waals surface area (Å²) in [4.78, 5) is 11.9. The third-order valence-electron chi connectivity index (χ3n) is 3.08. The summed E-state index contributed by atoms with van der Waals surface area (Å²) >= 11 is 11.7. The molecule has 0 bridgehead atoms. The number of hydrogen-bond acceptors (Lipinski definition) is 2. The molecule has 0 radical (unpaired) electrons. The average Bonchev–Trinajstić information content (AvgIpc) is 2.11. The molecule has 0 aliphatic carbocycles. The van der Waals surface area contributed by atoms with Crippen molar-refractivity contribution >= 4 is 34.9 Å². The largest absolute Gasteiger partial charge is 0.388 e. The number of anilines is 1. The van der Waals surface area contributed by atoms with Crippen LogP contribution >= 0.6 is 23.2 Å². The quantitative estimate of drug-likeness (QED) is 0.798. The Hall–Kier alpha value is -0.970. The second-order valence-corrected chi connectivity index (χ2v) is 6.29. The van der Waals surface area contributed by atoms with Crippen molar-refractivity contribution < 1.29 is 9.90 Å². The average molecular weight is 305 g/mol. The third-order valence-corrected chi connectivity index (χ3v) is 3.51. The van der Waals surface area contributed by atoms with Crippen molar-refractivity contribution in [2.75, 3.05) is 5.32 Å². The van der Waals surface area contributed by atoms with Crippen LogP contribution in [-0.4, -0.2) is 22.3 Å². The number of rotatable bonds is 3. The van der Waals surface area contributed by atoms with E-state index in [9.17, 15) is 9.90 Å². The fraction of sp³-hybridized carbons (Fsp3) is 0.462. The first-order valence-electron chi connectivity index (χ1n) is 5.79. The molecule has 0 aliphatic heterocycles. The lowest BCUT2D eigenvalue weighted by Gasteiger charge is -2.37. The van der Waals surface area contributed by atoms with Crippen LogP contribution in [0.15, 0.2) is 18.2 Å². The summed E-state index contributed by atoms with van der Waals surface area (Å²) in [7, 11) is 0. The van der Waals surface area contributed by atoms with E-state index in [4.69, 9.17) is 23.2 Å². The number of amides is 2. The predicted molar refractivity (Wildman–Crippen MR) is 79.0 cm³/mol. The Labute approximate surface area is 123 Å². The van der Waals surface area contributed by atoms with Crippen molar-refractivity contribution in [2.45, 2.75) is 38.8 Å². The number of carbonyl (C=O) groups excluding carboxylic acids is 1. The fourth-order valence-electron chi connectivity index (χ4n) is 1.23. The van der Waals surface area contributed by atoms with Crippen molar-refractivity contribution in [1.29, 1.82) is 0 Å². The van der Waals surface area contributed by atoms with Gasteiger partial charge in [0.1, 0.15) is 0 Å². The van der Waals surface area contributed by atoms with E-state index in [-0.39, 0.29) is 0 Å². The molecule has 0 aliphatic rings. The number of nitrogens with one attached hydrogen (secondary N) is 2. The van der Waals surface area contributed by atoms with Gasteiger partial charge >= 0.3 is 6.03 Å². The molecule has 0 heterocycles. The molecule has 4 nitrogen and oxygen atoms in total. The molecule has 0 saturated carbocycles. The summed E-state index contributed by atoms with van der Waals surface area (Å²) < 4.78 is 0. The normalized spacial score (nSPS) is 12.2. The van der Waals surface area contributed by atoms with Gasteiger partial charge in [-0.2, -0.15) is 0 Å². The maximum Gasteiger partial charge on any atom is 0.319 e. The second kappa shape index (κ2) is 5.57. The zero-order valence-electron chi connectivity index (χ0n) is 11.3. The van der Waals surface area contributed by atoms with E-state index < -0.39 is 17.2 Å². The maximum absolute atomic E-state index is 11.9. The van der Waals surface area contributed by atoms with Crippen molar-refractivity contribution in [2.24, 2.45) is 0 Å². The van der Waals surface area contributed by atoms with Gasteiger partial charge in [0.25, 0.3) is 0 Å². The van der Waals surface area contributed by atoms with Crippen molar-refractivity contribution in [3.05, 3.63) is 28.2 Å². The van der Waals surface area contributed by atoms with Gasteiger partial charge in [-0.05, 0) is 45.9 Å². The Bertz CT molecular complexity index is 462. The van der Waals surface area contributed by atoms with Crippen LogP contribution in [0.3, 0.4) is 0 Å². The summed E-state index contributed by atoms with van der Waals surface area (Å²) in [5, 5.41) is 16.2. The number of halogens is 2. The summed E-state index contributed by atoms with van der Waals surface area (Å²) in [6.45, 7) is 6.72. The third kappa shape index (κ3) is 4.56. The van der Waals surface area contributed by atoms with Crippen LogP contribution in [-0.2, 0) is 0 Å². The molecule has 0 spiro atoms. The van der Waals surface area contributed by atoms with Gasteiger partial charge in [0.15, 0.2) is 0 Å². The van der Waals surface area contributed by atoms with Gasteiger partial charge in [-0.15, -0.1) is 0 Å². The minimum absolute atomic E-state index is 0.435. The fourth-order valence-corrected chi connectivity index (χ4v) is 1.75. The number of aliphatic hydroxyl groups is 1. The molecule has 1 aromatic rings. The molecular weight excluding hydrogens is 287 g/mol.